The molecule has 0 heterocycles. The molecule has 0 aliphatic heterocycles. The Morgan fingerprint density at radius 3 is 2.86 bits per heavy atom. The number of allylic oxidation sites excluding steroid dienone is 2. The van der Waals surface area contributed by atoms with Crippen LogP contribution < -0.4 is 0 Å². The summed E-state index contributed by atoms with van der Waals surface area (Å²) in [6, 6.07) is 0. The number of hydrogen-bond donors (Lipinski definition) is 0. The summed E-state index contributed by atoms with van der Waals surface area (Å²) in [7, 11) is 0. The van der Waals surface area contributed by atoms with Crippen LogP contribution >= 0.6 is 0 Å². The predicted octanol–water partition coefficient (Wildman–Crippen LogP) is 3.10. The van der Waals surface area contributed by atoms with Gasteiger partial charge < -0.3 is 0 Å². The first kappa shape index (κ1) is 8.70. The van der Waals surface area contributed by atoms with Gasteiger partial charge in [0.25, 0.3) is 0 Å². The van der Waals surface area contributed by atoms with Crippen LogP contribution in [0.3, 0.4) is 0 Å². The molecule has 2 saturated carbocycles. The van der Waals surface area contributed by atoms with Gasteiger partial charge in [-0.15, -0.1) is 0 Å². The lowest BCUT2D eigenvalue weighted by atomic mass is 9.64. The standard InChI is InChI=1S/C13H18O/c1-9-4-7-12-5-3-6-13(9,12)11(14)8-10(12)2/h8-9H,3-7H2,1-2H3/t9-,12+,13-/m0/s1. The molecular formula is C13H18O. The van der Waals surface area contributed by atoms with Gasteiger partial charge in [-0.3, -0.25) is 4.79 Å². The lowest BCUT2D eigenvalue weighted by molar-refractivity contribution is -0.127. The van der Waals surface area contributed by atoms with Gasteiger partial charge >= 0.3 is 0 Å². The maximum Gasteiger partial charge on any atom is 0.162 e. The highest BCUT2D eigenvalue weighted by molar-refractivity contribution is 6.00. The maximum absolute atomic E-state index is 12.2. The zero-order valence-electron chi connectivity index (χ0n) is 9.10. The monoisotopic (exact) mass is 190 g/mol. The van der Waals surface area contributed by atoms with E-state index >= 15 is 0 Å². The van der Waals surface area contributed by atoms with Crippen molar-refractivity contribution in [2.75, 3.05) is 0 Å². The Kier molecular flexibility index (Phi) is 1.44. The highest BCUT2D eigenvalue weighted by Gasteiger charge is 2.67. The second-order valence-corrected chi connectivity index (χ2v) is 5.54. The third-order valence-corrected chi connectivity index (χ3v) is 5.42. The molecule has 0 aromatic rings. The molecule has 0 aromatic carbocycles. The summed E-state index contributed by atoms with van der Waals surface area (Å²) in [5.74, 6) is 1.07. The molecule has 2 fully saturated rings. The van der Waals surface area contributed by atoms with Crippen molar-refractivity contribution in [1.82, 2.24) is 0 Å². The van der Waals surface area contributed by atoms with E-state index in [9.17, 15) is 4.79 Å². The van der Waals surface area contributed by atoms with E-state index in [1.807, 2.05) is 6.08 Å². The lowest BCUT2D eigenvalue weighted by Crippen LogP contribution is -2.38. The summed E-state index contributed by atoms with van der Waals surface area (Å²) in [5, 5.41) is 0. The third-order valence-electron chi connectivity index (χ3n) is 5.42. The first-order valence-corrected chi connectivity index (χ1v) is 5.87. The Labute approximate surface area is 85.6 Å². The minimum atomic E-state index is 0.0527. The van der Waals surface area contributed by atoms with Crippen LogP contribution in [-0.2, 0) is 4.79 Å². The second kappa shape index (κ2) is 2.32. The van der Waals surface area contributed by atoms with Gasteiger partial charge in [0.05, 0.1) is 0 Å². The molecule has 0 spiro atoms. The SMILES string of the molecule is CC1=CC(=O)[C@@]23CCC[C@@]12CC[C@@H]3C. The van der Waals surface area contributed by atoms with E-state index in [4.69, 9.17) is 0 Å². The Morgan fingerprint density at radius 2 is 2.14 bits per heavy atom. The first-order chi connectivity index (χ1) is 6.63. The molecule has 3 atom stereocenters. The van der Waals surface area contributed by atoms with E-state index in [0.717, 1.165) is 6.42 Å². The molecule has 1 heteroatoms. The summed E-state index contributed by atoms with van der Waals surface area (Å²) >= 11 is 0. The molecule has 3 aliphatic carbocycles. The minimum absolute atomic E-state index is 0.0527. The van der Waals surface area contributed by atoms with Gasteiger partial charge in [-0.05, 0) is 44.6 Å². The Bertz CT molecular complexity index is 341. The normalized spacial score (nSPS) is 50.6. The van der Waals surface area contributed by atoms with Gasteiger partial charge in [-0.1, -0.05) is 18.9 Å². The Hall–Kier alpha value is -0.590. The summed E-state index contributed by atoms with van der Waals surface area (Å²) in [6.07, 6.45) is 8.17. The van der Waals surface area contributed by atoms with Gasteiger partial charge in [-0.2, -0.15) is 0 Å². The summed E-state index contributed by atoms with van der Waals surface area (Å²) in [4.78, 5) is 12.2. The van der Waals surface area contributed by atoms with Crippen LogP contribution in [0, 0.1) is 16.7 Å². The van der Waals surface area contributed by atoms with E-state index in [1.165, 1.54) is 31.3 Å². The highest BCUT2D eigenvalue weighted by atomic mass is 16.1. The van der Waals surface area contributed by atoms with Crippen LogP contribution in [0.25, 0.3) is 0 Å². The number of carbonyl (C=O) groups excluding carboxylic acids is 1. The molecule has 0 radical (unpaired) electrons. The molecule has 0 N–H and O–H groups in total. The zero-order chi connectivity index (χ0) is 9.97. The van der Waals surface area contributed by atoms with Crippen molar-refractivity contribution >= 4 is 5.78 Å². The van der Waals surface area contributed by atoms with Crippen LogP contribution in [-0.4, -0.2) is 5.78 Å². The quantitative estimate of drug-likeness (QED) is 0.573. The van der Waals surface area contributed by atoms with E-state index in [0.29, 0.717) is 17.1 Å². The Morgan fingerprint density at radius 1 is 1.36 bits per heavy atom. The van der Waals surface area contributed by atoms with E-state index in [2.05, 4.69) is 13.8 Å². The van der Waals surface area contributed by atoms with Crippen molar-refractivity contribution in [2.45, 2.75) is 46.0 Å². The molecule has 14 heavy (non-hydrogen) atoms. The van der Waals surface area contributed by atoms with Gasteiger partial charge in [0.1, 0.15) is 0 Å². The van der Waals surface area contributed by atoms with Crippen LogP contribution in [0.5, 0.6) is 0 Å². The lowest BCUT2D eigenvalue weighted by Gasteiger charge is -2.37. The van der Waals surface area contributed by atoms with Crippen molar-refractivity contribution in [3.05, 3.63) is 11.6 Å². The Balaban J connectivity index is 2.22. The van der Waals surface area contributed by atoms with Crippen molar-refractivity contribution in [3.63, 3.8) is 0 Å². The fourth-order valence-electron chi connectivity index (χ4n) is 4.72. The molecule has 0 bridgehead atoms. The van der Waals surface area contributed by atoms with Crippen LogP contribution in [0.2, 0.25) is 0 Å². The fourth-order valence-corrected chi connectivity index (χ4v) is 4.72. The van der Waals surface area contributed by atoms with Crippen LogP contribution in [0.15, 0.2) is 11.6 Å². The van der Waals surface area contributed by atoms with Crippen LogP contribution in [0.1, 0.15) is 46.0 Å². The molecular weight excluding hydrogens is 172 g/mol. The maximum atomic E-state index is 12.2. The second-order valence-electron chi connectivity index (χ2n) is 5.54. The molecule has 0 aromatic heterocycles. The van der Waals surface area contributed by atoms with Gasteiger partial charge in [-0.25, -0.2) is 0 Å². The molecule has 1 nitrogen and oxygen atoms in total. The van der Waals surface area contributed by atoms with Gasteiger partial charge in [0.15, 0.2) is 5.78 Å². The zero-order valence-corrected chi connectivity index (χ0v) is 9.10. The molecule has 76 valence electrons. The summed E-state index contributed by atoms with van der Waals surface area (Å²) in [6.45, 7) is 4.47. The van der Waals surface area contributed by atoms with E-state index in [-0.39, 0.29) is 5.41 Å². The molecule has 0 amide bonds. The summed E-state index contributed by atoms with van der Waals surface area (Å²) < 4.78 is 0. The van der Waals surface area contributed by atoms with E-state index in [1.54, 1.807) is 0 Å². The molecule has 3 rings (SSSR count). The average Bonchev–Trinajstić information content (AvgIpc) is 2.69. The smallest absolute Gasteiger partial charge is 0.162 e. The number of rotatable bonds is 0. The topological polar surface area (TPSA) is 17.1 Å². The van der Waals surface area contributed by atoms with Crippen molar-refractivity contribution < 1.29 is 4.79 Å². The van der Waals surface area contributed by atoms with Gasteiger partial charge in [0, 0.05) is 10.8 Å². The summed E-state index contributed by atoms with van der Waals surface area (Å²) in [5.41, 5.74) is 1.75. The number of ketones is 1. The largest absolute Gasteiger partial charge is 0.294 e. The van der Waals surface area contributed by atoms with Crippen molar-refractivity contribution in [3.8, 4) is 0 Å². The average molecular weight is 190 g/mol. The molecule has 3 aliphatic rings. The van der Waals surface area contributed by atoms with Crippen LogP contribution in [0.4, 0.5) is 0 Å². The molecule has 0 saturated heterocycles. The number of hydrogen-bond acceptors (Lipinski definition) is 1. The van der Waals surface area contributed by atoms with E-state index < -0.39 is 0 Å². The highest BCUT2D eigenvalue weighted by Crippen LogP contribution is 2.71. The van der Waals surface area contributed by atoms with Gasteiger partial charge in [0.2, 0.25) is 0 Å². The first-order valence-electron chi connectivity index (χ1n) is 5.87. The fraction of sp³-hybridized carbons (Fsp3) is 0.769. The third kappa shape index (κ3) is 0.627. The molecule has 0 unspecified atom stereocenters. The van der Waals surface area contributed by atoms with Crippen molar-refractivity contribution in [1.29, 1.82) is 0 Å². The van der Waals surface area contributed by atoms with Crippen molar-refractivity contribution in [2.24, 2.45) is 16.7 Å². The predicted molar refractivity (Wildman–Crippen MR) is 55.9 cm³/mol. The number of carbonyl (C=O) groups is 1. The minimum Gasteiger partial charge on any atom is -0.294 e.